The Labute approximate surface area is 200 Å². The number of carbonyl (C=O) groups excluding carboxylic acids is 2. The van der Waals surface area contributed by atoms with Crippen LogP contribution in [-0.2, 0) is 14.3 Å². The number of halogens is 3. The third-order valence-corrected chi connectivity index (χ3v) is 5.66. The highest BCUT2D eigenvalue weighted by Crippen LogP contribution is 2.44. The fourth-order valence-electron chi connectivity index (χ4n) is 4.04. The van der Waals surface area contributed by atoms with Crippen LogP contribution in [0.1, 0.15) is 36.3 Å². The first-order valence-corrected chi connectivity index (χ1v) is 10.9. The number of carbonyl (C=O) groups is 3. The van der Waals surface area contributed by atoms with Gasteiger partial charge in [-0.1, -0.05) is 54.6 Å². The summed E-state index contributed by atoms with van der Waals surface area (Å²) < 4.78 is 43.4. The topological polar surface area (TPSA) is 105 Å². The Hall–Kier alpha value is -3.82. The summed E-state index contributed by atoms with van der Waals surface area (Å²) >= 11 is 0. The zero-order valence-electron chi connectivity index (χ0n) is 18.7. The summed E-state index contributed by atoms with van der Waals surface area (Å²) in [5.41, 5.74) is 4.03. The molecular weight excluding hydrogens is 465 g/mol. The third-order valence-electron chi connectivity index (χ3n) is 5.66. The Kier molecular flexibility index (Phi) is 8.16. The van der Waals surface area contributed by atoms with Crippen LogP contribution in [0.3, 0.4) is 0 Å². The van der Waals surface area contributed by atoms with Gasteiger partial charge >= 0.3 is 18.2 Å². The van der Waals surface area contributed by atoms with Gasteiger partial charge in [-0.3, -0.25) is 4.79 Å². The molecule has 0 fully saturated rings. The minimum absolute atomic E-state index is 0.00210. The van der Waals surface area contributed by atoms with Crippen molar-refractivity contribution in [1.82, 2.24) is 10.6 Å². The average Bonchev–Trinajstić information content (AvgIpc) is 3.12. The van der Waals surface area contributed by atoms with Gasteiger partial charge in [0.2, 0.25) is 5.91 Å². The fraction of sp³-hybridized carbons (Fsp3) is 0.320. The lowest BCUT2D eigenvalue weighted by Gasteiger charge is -2.22. The number of carboxylic acid groups (broad SMARTS) is 1. The van der Waals surface area contributed by atoms with E-state index in [2.05, 4.69) is 11.9 Å². The van der Waals surface area contributed by atoms with Crippen LogP contribution in [0.25, 0.3) is 11.1 Å². The maximum absolute atomic E-state index is 12.7. The van der Waals surface area contributed by atoms with E-state index in [4.69, 9.17) is 9.84 Å². The van der Waals surface area contributed by atoms with Gasteiger partial charge in [0.15, 0.2) is 0 Å². The molecule has 0 heterocycles. The van der Waals surface area contributed by atoms with Crippen LogP contribution in [0.5, 0.6) is 0 Å². The van der Waals surface area contributed by atoms with Crippen molar-refractivity contribution >= 4 is 18.0 Å². The molecule has 0 radical (unpaired) electrons. The first kappa shape index (κ1) is 25.8. The minimum Gasteiger partial charge on any atom is -0.480 e. The Balaban J connectivity index is 1.66. The van der Waals surface area contributed by atoms with Gasteiger partial charge < -0.3 is 20.5 Å². The molecule has 0 aromatic heterocycles. The smallest absolute Gasteiger partial charge is 0.407 e. The van der Waals surface area contributed by atoms with Gasteiger partial charge in [-0.05, 0) is 35.1 Å². The van der Waals surface area contributed by atoms with Crippen molar-refractivity contribution in [2.45, 2.75) is 43.4 Å². The number of carboxylic acids is 1. The molecule has 10 heteroatoms. The standard InChI is InChI=1S/C25H25F3N2O5/c1-2-3-12-20(22(31)29-21(23(32)33)13-25(26,27)28)30-24(34)35-14-19-17-10-6-4-8-15(17)16-9-5-7-11-18(16)19/h2,4-11,19-21H,1,3,12-14H2,(H,29,31)(H,30,34)(H,32,33). The first-order valence-electron chi connectivity index (χ1n) is 10.9. The van der Waals surface area contributed by atoms with E-state index in [9.17, 15) is 27.6 Å². The molecule has 0 saturated heterocycles. The second-order valence-electron chi connectivity index (χ2n) is 8.11. The van der Waals surface area contributed by atoms with Gasteiger partial charge in [-0.2, -0.15) is 13.2 Å². The van der Waals surface area contributed by atoms with Crippen LogP contribution >= 0.6 is 0 Å². The van der Waals surface area contributed by atoms with Crippen LogP contribution in [0, 0.1) is 0 Å². The highest BCUT2D eigenvalue weighted by atomic mass is 19.4. The number of amides is 2. The molecule has 35 heavy (non-hydrogen) atoms. The van der Waals surface area contributed by atoms with Gasteiger partial charge in [0.05, 0.1) is 6.42 Å². The van der Waals surface area contributed by atoms with Crippen LogP contribution in [-0.4, -0.2) is 47.9 Å². The average molecular weight is 490 g/mol. The molecule has 3 N–H and O–H groups in total. The number of rotatable bonds is 10. The van der Waals surface area contributed by atoms with Gasteiger partial charge in [-0.15, -0.1) is 6.58 Å². The van der Waals surface area contributed by atoms with Crippen molar-refractivity contribution in [3.05, 3.63) is 72.3 Å². The monoisotopic (exact) mass is 490 g/mol. The van der Waals surface area contributed by atoms with E-state index >= 15 is 0 Å². The van der Waals surface area contributed by atoms with Crippen molar-refractivity contribution in [3.8, 4) is 11.1 Å². The number of aliphatic carboxylic acids is 1. The summed E-state index contributed by atoms with van der Waals surface area (Å²) in [5.74, 6) is -3.12. The lowest BCUT2D eigenvalue weighted by atomic mass is 9.98. The number of alkyl carbamates (subject to hydrolysis) is 1. The van der Waals surface area contributed by atoms with E-state index in [0.29, 0.717) is 0 Å². The van der Waals surface area contributed by atoms with E-state index in [1.807, 2.05) is 53.8 Å². The van der Waals surface area contributed by atoms with Gasteiger partial charge in [0, 0.05) is 5.92 Å². The lowest BCUT2D eigenvalue weighted by molar-refractivity contribution is -0.160. The lowest BCUT2D eigenvalue weighted by Crippen LogP contribution is -2.52. The van der Waals surface area contributed by atoms with Crippen molar-refractivity contribution in [3.63, 3.8) is 0 Å². The number of fused-ring (bicyclic) bond motifs is 3. The van der Waals surface area contributed by atoms with E-state index in [-0.39, 0.29) is 25.4 Å². The second-order valence-corrected chi connectivity index (χ2v) is 8.11. The number of allylic oxidation sites excluding steroid dienone is 1. The Morgan fingerprint density at radius 2 is 1.57 bits per heavy atom. The maximum Gasteiger partial charge on any atom is 0.407 e. The number of benzene rings is 2. The molecule has 2 aromatic carbocycles. The predicted molar refractivity (Wildman–Crippen MR) is 122 cm³/mol. The zero-order valence-corrected chi connectivity index (χ0v) is 18.7. The number of alkyl halides is 3. The van der Waals surface area contributed by atoms with Crippen molar-refractivity contribution in [2.75, 3.05) is 6.61 Å². The number of hydrogen-bond acceptors (Lipinski definition) is 4. The number of nitrogens with one attached hydrogen (secondary N) is 2. The summed E-state index contributed by atoms with van der Waals surface area (Å²) in [6.45, 7) is 3.50. The predicted octanol–water partition coefficient (Wildman–Crippen LogP) is 4.38. The number of hydrogen-bond donors (Lipinski definition) is 3. The van der Waals surface area contributed by atoms with E-state index in [1.165, 1.54) is 6.08 Å². The summed E-state index contributed by atoms with van der Waals surface area (Å²) in [6.07, 6.45) is -5.78. The molecule has 2 atom stereocenters. The van der Waals surface area contributed by atoms with Crippen molar-refractivity contribution in [1.29, 1.82) is 0 Å². The first-order chi connectivity index (χ1) is 16.6. The van der Waals surface area contributed by atoms with Crippen LogP contribution in [0.4, 0.5) is 18.0 Å². The summed E-state index contributed by atoms with van der Waals surface area (Å²) in [7, 11) is 0. The molecule has 1 aliphatic carbocycles. The fourth-order valence-corrected chi connectivity index (χ4v) is 4.04. The molecule has 0 spiro atoms. The van der Waals surface area contributed by atoms with Crippen LogP contribution < -0.4 is 10.6 Å². The minimum atomic E-state index is -4.80. The van der Waals surface area contributed by atoms with E-state index in [1.54, 1.807) is 0 Å². The summed E-state index contributed by atoms with van der Waals surface area (Å²) in [4.78, 5) is 36.2. The maximum atomic E-state index is 12.7. The molecular formula is C25H25F3N2O5. The van der Waals surface area contributed by atoms with Crippen LogP contribution in [0.2, 0.25) is 0 Å². The quantitative estimate of drug-likeness (QED) is 0.429. The Bertz CT molecular complexity index is 1060. The normalized spacial score (nSPS) is 14.3. The molecule has 2 aromatic rings. The summed E-state index contributed by atoms with van der Waals surface area (Å²) in [6, 6.07) is 11.9. The Morgan fingerprint density at radius 3 is 2.09 bits per heavy atom. The molecule has 186 valence electrons. The molecule has 0 aliphatic heterocycles. The van der Waals surface area contributed by atoms with Crippen molar-refractivity contribution in [2.24, 2.45) is 0 Å². The highest BCUT2D eigenvalue weighted by molar-refractivity contribution is 5.89. The van der Waals surface area contributed by atoms with Gasteiger partial charge in [0.1, 0.15) is 18.7 Å². The molecule has 7 nitrogen and oxygen atoms in total. The Morgan fingerprint density at radius 1 is 1.00 bits per heavy atom. The van der Waals surface area contributed by atoms with Gasteiger partial charge in [-0.25, -0.2) is 9.59 Å². The number of ether oxygens (including phenoxy) is 1. The van der Waals surface area contributed by atoms with Crippen LogP contribution in [0.15, 0.2) is 61.2 Å². The van der Waals surface area contributed by atoms with E-state index in [0.717, 1.165) is 22.3 Å². The van der Waals surface area contributed by atoms with E-state index < -0.39 is 42.7 Å². The van der Waals surface area contributed by atoms with Gasteiger partial charge in [0.25, 0.3) is 0 Å². The molecule has 3 rings (SSSR count). The molecule has 0 bridgehead atoms. The summed E-state index contributed by atoms with van der Waals surface area (Å²) in [5, 5.41) is 13.2. The molecule has 1 aliphatic rings. The SMILES string of the molecule is C=CCCC(NC(=O)OCC1c2ccccc2-c2ccccc21)C(=O)NC(CC(F)(F)F)C(=O)O. The zero-order chi connectivity index (χ0) is 25.6. The second kappa shape index (κ2) is 11.1. The van der Waals surface area contributed by atoms with Crippen molar-refractivity contribution < 1.29 is 37.4 Å². The third kappa shape index (κ3) is 6.62. The molecule has 2 amide bonds. The molecule has 2 unspecified atom stereocenters. The molecule has 0 saturated carbocycles. The largest absolute Gasteiger partial charge is 0.480 e. The highest BCUT2D eigenvalue weighted by Gasteiger charge is 2.37.